The highest BCUT2D eigenvalue weighted by Gasteiger charge is 2.24. The lowest BCUT2D eigenvalue weighted by atomic mass is 10.1. The van der Waals surface area contributed by atoms with Gasteiger partial charge in [0.2, 0.25) is 11.8 Å². The Morgan fingerprint density at radius 1 is 0.625 bits per heavy atom. The quantitative estimate of drug-likeness (QED) is 0.0788. The summed E-state index contributed by atoms with van der Waals surface area (Å²) in [4.78, 5) is 67.4. The van der Waals surface area contributed by atoms with E-state index in [0.29, 0.717) is 0 Å². The Hall–Kier alpha value is -2.56. The van der Waals surface area contributed by atoms with E-state index in [-0.39, 0.29) is 37.2 Å². The van der Waals surface area contributed by atoms with E-state index in [1.165, 1.54) is 0 Å². The molecule has 2 amide bonds. The van der Waals surface area contributed by atoms with Gasteiger partial charge in [-0.2, -0.15) is 0 Å². The number of nitrogens with two attached hydrogens (primary N) is 2. The molecule has 0 aliphatic carbocycles. The van der Waals surface area contributed by atoms with Crippen molar-refractivity contribution < 1.29 is 49.2 Å². The standard InChI is InChI=1S/C16H26N4O10S2/c17-7(13(23)24)1-3-11(21)19-9(15(27)28)5-31-32-6-10(16(29)30)20-12(22)4-2-8(18)14(25)26/h7-10H,1-6,17-18H2,(H,19,21)(H,20,22)(H,23,24)(H,25,26)(H,27,28)(H,29,30)/t7-,8-,9-,10+/m0/s1. The first-order chi connectivity index (χ1) is 14.8. The van der Waals surface area contributed by atoms with Gasteiger partial charge in [-0.3, -0.25) is 19.2 Å². The van der Waals surface area contributed by atoms with Gasteiger partial charge in [-0.1, -0.05) is 21.6 Å². The Kier molecular flexibility index (Phi) is 14.1. The first kappa shape index (κ1) is 29.4. The van der Waals surface area contributed by atoms with Crippen molar-refractivity contribution in [3.05, 3.63) is 0 Å². The largest absolute Gasteiger partial charge is 0.480 e. The van der Waals surface area contributed by atoms with E-state index in [9.17, 15) is 39.0 Å². The highest BCUT2D eigenvalue weighted by Crippen LogP contribution is 2.23. The minimum absolute atomic E-state index is 0.134. The smallest absolute Gasteiger partial charge is 0.327 e. The summed E-state index contributed by atoms with van der Waals surface area (Å²) in [5.74, 6) is -6.92. The number of carboxylic acid groups (broad SMARTS) is 4. The highest BCUT2D eigenvalue weighted by atomic mass is 33.1. The van der Waals surface area contributed by atoms with Gasteiger partial charge in [0.15, 0.2) is 0 Å². The third-order valence-corrected chi connectivity index (χ3v) is 6.24. The molecule has 182 valence electrons. The van der Waals surface area contributed by atoms with E-state index < -0.39 is 59.9 Å². The predicted octanol–water partition coefficient (Wildman–Crippen LogP) is -2.11. The van der Waals surface area contributed by atoms with E-state index in [2.05, 4.69) is 10.6 Å². The van der Waals surface area contributed by atoms with Crippen molar-refractivity contribution in [2.45, 2.75) is 49.9 Å². The van der Waals surface area contributed by atoms with Crippen LogP contribution in [0.1, 0.15) is 25.7 Å². The molecule has 0 rings (SSSR count). The monoisotopic (exact) mass is 498 g/mol. The Balaban J connectivity index is 4.46. The Morgan fingerprint density at radius 3 is 1.19 bits per heavy atom. The molecule has 14 nitrogen and oxygen atoms in total. The molecule has 0 saturated heterocycles. The molecule has 0 fully saturated rings. The summed E-state index contributed by atoms with van der Waals surface area (Å²) in [5, 5.41) is 40.2. The summed E-state index contributed by atoms with van der Waals surface area (Å²) in [5.41, 5.74) is 10.5. The minimum Gasteiger partial charge on any atom is -0.480 e. The van der Waals surface area contributed by atoms with Crippen LogP contribution < -0.4 is 22.1 Å². The van der Waals surface area contributed by atoms with Crippen LogP contribution in [0.25, 0.3) is 0 Å². The molecule has 0 saturated carbocycles. The number of carbonyl (C=O) groups excluding carboxylic acids is 2. The average Bonchev–Trinajstić information content (AvgIpc) is 2.70. The fraction of sp³-hybridized carbons (Fsp3) is 0.625. The van der Waals surface area contributed by atoms with Gasteiger partial charge in [0.1, 0.15) is 24.2 Å². The molecular weight excluding hydrogens is 472 g/mol. The maximum Gasteiger partial charge on any atom is 0.327 e. The zero-order valence-electron chi connectivity index (χ0n) is 16.8. The summed E-state index contributed by atoms with van der Waals surface area (Å²) in [6.07, 6.45) is -0.916. The number of carbonyl (C=O) groups is 6. The van der Waals surface area contributed by atoms with Gasteiger partial charge in [-0.15, -0.1) is 0 Å². The minimum atomic E-state index is -1.34. The normalized spacial score (nSPS) is 14.4. The molecule has 0 aliphatic rings. The average molecular weight is 499 g/mol. The third kappa shape index (κ3) is 13.0. The molecular formula is C16H26N4O10S2. The fourth-order valence-corrected chi connectivity index (χ4v) is 4.25. The zero-order valence-corrected chi connectivity index (χ0v) is 18.4. The third-order valence-electron chi connectivity index (χ3n) is 3.82. The van der Waals surface area contributed by atoms with Crippen LogP contribution in [0, 0.1) is 0 Å². The lowest BCUT2D eigenvalue weighted by molar-refractivity contribution is -0.141. The molecule has 0 aromatic heterocycles. The van der Waals surface area contributed by atoms with Gasteiger partial charge >= 0.3 is 23.9 Å². The fourth-order valence-electron chi connectivity index (χ4n) is 1.93. The molecule has 10 N–H and O–H groups in total. The number of hydrogen-bond donors (Lipinski definition) is 8. The predicted molar refractivity (Wildman–Crippen MR) is 114 cm³/mol. The molecule has 0 unspecified atom stereocenters. The second-order valence-electron chi connectivity index (χ2n) is 6.45. The summed E-state index contributed by atoms with van der Waals surface area (Å²) < 4.78 is 0. The van der Waals surface area contributed by atoms with E-state index in [0.717, 1.165) is 21.6 Å². The van der Waals surface area contributed by atoms with Crippen LogP contribution in [-0.4, -0.2) is 91.8 Å². The molecule has 0 aromatic rings. The second kappa shape index (κ2) is 15.3. The van der Waals surface area contributed by atoms with E-state index >= 15 is 0 Å². The van der Waals surface area contributed by atoms with Crippen LogP contribution >= 0.6 is 21.6 Å². The van der Waals surface area contributed by atoms with E-state index in [1.54, 1.807) is 0 Å². The van der Waals surface area contributed by atoms with E-state index in [4.69, 9.17) is 21.7 Å². The number of carboxylic acids is 4. The van der Waals surface area contributed by atoms with E-state index in [1.807, 2.05) is 0 Å². The maximum absolute atomic E-state index is 11.8. The number of rotatable bonds is 17. The number of hydrogen-bond acceptors (Lipinski definition) is 10. The first-order valence-corrected chi connectivity index (χ1v) is 11.6. The summed E-state index contributed by atoms with van der Waals surface area (Å²) in [6, 6.07) is -5.12. The number of nitrogens with one attached hydrogen (secondary N) is 2. The van der Waals surface area contributed by atoms with Crippen molar-refractivity contribution in [3.8, 4) is 0 Å². The number of amides is 2. The van der Waals surface area contributed by atoms with Crippen molar-refractivity contribution in [2.75, 3.05) is 11.5 Å². The van der Waals surface area contributed by atoms with Crippen molar-refractivity contribution in [2.24, 2.45) is 11.5 Å². The van der Waals surface area contributed by atoms with Gasteiger partial charge in [-0.25, -0.2) is 9.59 Å². The Morgan fingerprint density at radius 2 is 0.938 bits per heavy atom. The van der Waals surface area contributed by atoms with Gasteiger partial charge in [0.05, 0.1) is 0 Å². The van der Waals surface area contributed by atoms with Crippen LogP contribution in [0.5, 0.6) is 0 Å². The van der Waals surface area contributed by atoms with Gasteiger partial charge in [0.25, 0.3) is 0 Å². The van der Waals surface area contributed by atoms with Crippen LogP contribution in [-0.2, 0) is 28.8 Å². The molecule has 4 atom stereocenters. The maximum atomic E-state index is 11.8. The molecule has 0 aromatic carbocycles. The molecule has 0 bridgehead atoms. The van der Waals surface area contributed by atoms with Crippen LogP contribution in [0.15, 0.2) is 0 Å². The zero-order chi connectivity index (χ0) is 24.8. The van der Waals surface area contributed by atoms with Gasteiger partial charge < -0.3 is 42.5 Å². The van der Waals surface area contributed by atoms with Crippen molar-refractivity contribution >= 4 is 57.3 Å². The summed E-state index contributed by atoms with van der Waals surface area (Å²) in [7, 11) is 1.89. The molecule has 16 heteroatoms. The van der Waals surface area contributed by atoms with Crippen molar-refractivity contribution in [1.82, 2.24) is 10.6 Å². The lowest BCUT2D eigenvalue weighted by Crippen LogP contribution is -2.44. The topological polar surface area (TPSA) is 259 Å². The molecule has 0 spiro atoms. The van der Waals surface area contributed by atoms with Gasteiger partial charge in [-0.05, 0) is 12.8 Å². The summed E-state index contributed by atoms with van der Waals surface area (Å²) >= 11 is 0. The first-order valence-electron chi connectivity index (χ1n) is 9.10. The molecule has 0 heterocycles. The van der Waals surface area contributed by atoms with Crippen LogP contribution in [0.3, 0.4) is 0 Å². The Labute approximate surface area is 190 Å². The Bertz CT molecular complexity index is 650. The van der Waals surface area contributed by atoms with Gasteiger partial charge in [0, 0.05) is 24.3 Å². The second-order valence-corrected chi connectivity index (χ2v) is 9.00. The van der Waals surface area contributed by atoms with Crippen LogP contribution in [0.2, 0.25) is 0 Å². The summed E-state index contributed by atoms with van der Waals surface area (Å²) in [6.45, 7) is 0. The molecule has 32 heavy (non-hydrogen) atoms. The lowest BCUT2D eigenvalue weighted by Gasteiger charge is -2.16. The molecule has 0 aliphatic heterocycles. The SMILES string of the molecule is N[C@@H](CCC(=O)N[C@@H](CSSC[C@@H](NC(=O)CC[C@H](N)C(=O)O)C(=O)O)C(=O)O)C(=O)O. The number of aliphatic carboxylic acids is 4. The van der Waals surface area contributed by atoms with Crippen LogP contribution in [0.4, 0.5) is 0 Å². The van der Waals surface area contributed by atoms with Crippen molar-refractivity contribution in [1.29, 1.82) is 0 Å². The van der Waals surface area contributed by atoms with Crippen molar-refractivity contribution in [3.63, 3.8) is 0 Å². The highest BCUT2D eigenvalue weighted by molar-refractivity contribution is 8.76. The molecule has 0 radical (unpaired) electrons.